The Hall–Kier alpha value is -2.42. The molecule has 0 amide bonds. The van der Waals surface area contributed by atoms with E-state index >= 15 is 0 Å². The summed E-state index contributed by atoms with van der Waals surface area (Å²) < 4.78 is 42.0. The van der Waals surface area contributed by atoms with E-state index in [1.54, 1.807) is 7.05 Å². The van der Waals surface area contributed by atoms with Gasteiger partial charge in [-0.05, 0) is 29.2 Å². The van der Waals surface area contributed by atoms with Crippen LogP contribution in [0.1, 0.15) is 42.3 Å². The summed E-state index contributed by atoms with van der Waals surface area (Å²) in [5.74, 6) is 0.861. The van der Waals surface area contributed by atoms with Crippen LogP contribution in [0.25, 0.3) is 0 Å². The Kier molecular flexibility index (Phi) is 6.95. The zero-order valence-corrected chi connectivity index (χ0v) is 16.7. The van der Waals surface area contributed by atoms with E-state index < -0.39 is 15.7 Å². The highest BCUT2D eigenvalue weighted by molar-refractivity contribution is 7.89. The molecule has 0 spiro atoms. The van der Waals surface area contributed by atoms with E-state index in [1.807, 2.05) is 19.9 Å². The smallest absolute Gasteiger partial charge is 0.191 e. The molecule has 9 heteroatoms. The van der Waals surface area contributed by atoms with Crippen LogP contribution in [0.2, 0.25) is 0 Å². The maximum absolute atomic E-state index is 13.6. The number of guanidine groups is 1. The zero-order valence-electron chi connectivity index (χ0n) is 15.9. The molecule has 2 aromatic rings. The molecule has 1 heterocycles. The van der Waals surface area contributed by atoms with Gasteiger partial charge < -0.3 is 15.2 Å². The number of aromatic nitrogens is 1. The number of halogens is 1. The van der Waals surface area contributed by atoms with E-state index in [2.05, 4.69) is 20.8 Å². The van der Waals surface area contributed by atoms with Crippen molar-refractivity contribution >= 4 is 15.8 Å². The largest absolute Gasteiger partial charge is 0.359 e. The highest BCUT2D eigenvalue weighted by atomic mass is 32.2. The lowest BCUT2D eigenvalue weighted by atomic mass is 10.1. The van der Waals surface area contributed by atoms with Crippen molar-refractivity contribution in [2.45, 2.75) is 38.6 Å². The third kappa shape index (κ3) is 6.67. The van der Waals surface area contributed by atoms with Gasteiger partial charge in [-0.25, -0.2) is 12.8 Å². The summed E-state index contributed by atoms with van der Waals surface area (Å²) in [5, 5.41) is 10.1. The summed E-state index contributed by atoms with van der Waals surface area (Å²) in [6.45, 7) is 4.68. The lowest BCUT2D eigenvalue weighted by molar-refractivity contribution is 0.372. The minimum Gasteiger partial charge on any atom is -0.359 e. The van der Waals surface area contributed by atoms with Gasteiger partial charge in [0.15, 0.2) is 21.6 Å². The van der Waals surface area contributed by atoms with E-state index in [1.165, 1.54) is 18.2 Å². The molecule has 27 heavy (non-hydrogen) atoms. The minimum atomic E-state index is -3.22. The van der Waals surface area contributed by atoms with Crippen LogP contribution in [0.15, 0.2) is 33.8 Å². The van der Waals surface area contributed by atoms with E-state index in [4.69, 9.17) is 4.52 Å². The second-order valence-electron chi connectivity index (χ2n) is 6.64. The number of rotatable bonds is 7. The number of benzene rings is 1. The molecule has 0 aliphatic heterocycles. The first-order valence-electron chi connectivity index (χ1n) is 8.53. The van der Waals surface area contributed by atoms with Crippen molar-refractivity contribution in [1.82, 2.24) is 15.8 Å². The Balaban J connectivity index is 2.00. The summed E-state index contributed by atoms with van der Waals surface area (Å²) in [6.07, 6.45) is 1.15. The fraction of sp³-hybridized carbons (Fsp3) is 0.444. The summed E-state index contributed by atoms with van der Waals surface area (Å²) in [5.41, 5.74) is 1.99. The first-order valence-corrected chi connectivity index (χ1v) is 10.6. The zero-order chi connectivity index (χ0) is 20.0. The van der Waals surface area contributed by atoms with Crippen LogP contribution in [0.3, 0.4) is 0 Å². The van der Waals surface area contributed by atoms with Gasteiger partial charge in [0.05, 0.1) is 18.0 Å². The van der Waals surface area contributed by atoms with Crippen molar-refractivity contribution in [3.63, 3.8) is 0 Å². The predicted octanol–water partition coefficient (Wildman–Crippen LogP) is 2.35. The molecule has 1 aromatic carbocycles. The second-order valence-corrected chi connectivity index (χ2v) is 8.78. The molecule has 0 saturated carbocycles. The molecule has 0 aliphatic carbocycles. The van der Waals surface area contributed by atoms with Gasteiger partial charge in [0.2, 0.25) is 0 Å². The average Bonchev–Trinajstić information content (AvgIpc) is 3.05. The molecule has 0 saturated heterocycles. The number of sulfone groups is 1. The lowest BCUT2D eigenvalue weighted by Gasteiger charge is -2.13. The highest BCUT2D eigenvalue weighted by Crippen LogP contribution is 2.15. The van der Waals surface area contributed by atoms with E-state index in [9.17, 15) is 12.8 Å². The predicted molar refractivity (Wildman–Crippen MR) is 103 cm³/mol. The molecule has 0 fully saturated rings. The highest BCUT2D eigenvalue weighted by Gasteiger charge is 2.12. The Bertz CT molecular complexity index is 907. The monoisotopic (exact) mass is 396 g/mol. The normalized spacial score (nSPS) is 12.4. The van der Waals surface area contributed by atoms with Crippen molar-refractivity contribution in [1.29, 1.82) is 0 Å². The Morgan fingerprint density at radius 2 is 1.93 bits per heavy atom. The average molecular weight is 396 g/mol. The summed E-state index contributed by atoms with van der Waals surface area (Å²) in [4.78, 5) is 4.11. The third-order valence-corrected chi connectivity index (χ3v) is 4.69. The first kappa shape index (κ1) is 20.9. The molecular weight excluding hydrogens is 371 g/mol. The number of hydrogen-bond acceptors (Lipinski definition) is 5. The quantitative estimate of drug-likeness (QED) is 0.551. The molecule has 0 bridgehead atoms. The maximum Gasteiger partial charge on any atom is 0.191 e. The van der Waals surface area contributed by atoms with Crippen LogP contribution >= 0.6 is 0 Å². The van der Waals surface area contributed by atoms with Crippen LogP contribution in [0.4, 0.5) is 4.39 Å². The SMILES string of the molecule is CN=C(NCc1cc(C(C)C)no1)NCc1cc(F)ccc1CS(C)(=O)=O. The second kappa shape index (κ2) is 8.98. The number of hydrogen-bond donors (Lipinski definition) is 2. The van der Waals surface area contributed by atoms with Gasteiger partial charge in [0.1, 0.15) is 5.82 Å². The van der Waals surface area contributed by atoms with Crippen LogP contribution in [0, 0.1) is 5.82 Å². The van der Waals surface area contributed by atoms with Gasteiger partial charge in [-0.3, -0.25) is 4.99 Å². The Morgan fingerprint density at radius 3 is 2.52 bits per heavy atom. The van der Waals surface area contributed by atoms with Gasteiger partial charge in [0, 0.05) is 25.9 Å². The molecule has 148 valence electrons. The topological polar surface area (TPSA) is 96.6 Å². The summed E-state index contributed by atoms with van der Waals surface area (Å²) in [6, 6.07) is 5.95. The third-order valence-electron chi connectivity index (χ3n) is 3.85. The fourth-order valence-corrected chi connectivity index (χ4v) is 3.28. The number of aliphatic imine (C=N–C) groups is 1. The molecule has 0 radical (unpaired) electrons. The standard InChI is InChI=1S/C18H25FN4O3S/c1-12(2)17-8-16(26-23-17)10-22-18(20-3)21-9-14-7-15(19)6-5-13(14)11-27(4,24)25/h5-8,12H,9-11H2,1-4H3,(H2,20,21,22). The van der Waals surface area contributed by atoms with Crippen molar-refractivity contribution in [2.75, 3.05) is 13.3 Å². The van der Waals surface area contributed by atoms with Crippen molar-refractivity contribution in [3.05, 3.63) is 52.7 Å². The molecule has 2 rings (SSSR count). The van der Waals surface area contributed by atoms with Crippen molar-refractivity contribution in [2.24, 2.45) is 4.99 Å². The van der Waals surface area contributed by atoms with E-state index in [0.717, 1.165) is 11.9 Å². The van der Waals surface area contributed by atoms with Gasteiger partial charge in [0.25, 0.3) is 0 Å². The molecule has 2 N–H and O–H groups in total. The summed E-state index contributed by atoms with van der Waals surface area (Å²) >= 11 is 0. The molecule has 1 aromatic heterocycles. The van der Waals surface area contributed by atoms with Gasteiger partial charge >= 0.3 is 0 Å². The first-order chi connectivity index (χ1) is 12.7. The minimum absolute atomic E-state index is 0.146. The van der Waals surface area contributed by atoms with Crippen LogP contribution in [-0.2, 0) is 28.7 Å². The van der Waals surface area contributed by atoms with Crippen LogP contribution in [-0.4, -0.2) is 32.8 Å². The van der Waals surface area contributed by atoms with Gasteiger partial charge in [-0.15, -0.1) is 0 Å². The lowest BCUT2D eigenvalue weighted by Crippen LogP contribution is -2.36. The van der Waals surface area contributed by atoms with Crippen molar-refractivity contribution < 1.29 is 17.3 Å². The fourth-order valence-electron chi connectivity index (χ4n) is 2.44. The number of nitrogens with one attached hydrogen (secondary N) is 2. The molecular formula is C18H25FN4O3S. The van der Waals surface area contributed by atoms with Crippen LogP contribution in [0.5, 0.6) is 0 Å². The van der Waals surface area contributed by atoms with E-state index in [0.29, 0.717) is 29.4 Å². The molecule has 0 aliphatic rings. The van der Waals surface area contributed by atoms with Crippen LogP contribution < -0.4 is 10.6 Å². The maximum atomic E-state index is 13.6. The van der Waals surface area contributed by atoms with E-state index in [-0.39, 0.29) is 18.2 Å². The molecule has 0 atom stereocenters. The van der Waals surface area contributed by atoms with Gasteiger partial charge in [-0.2, -0.15) is 0 Å². The Labute approximate surface area is 159 Å². The molecule has 0 unspecified atom stereocenters. The summed E-state index contributed by atoms with van der Waals surface area (Å²) in [7, 11) is -1.61. The van der Waals surface area contributed by atoms with Gasteiger partial charge in [-0.1, -0.05) is 25.1 Å². The molecule has 7 nitrogen and oxygen atoms in total. The van der Waals surface area contributed by atoms with Crippen molar-refractivity contribution in [3.8, 4) is 0 Å². The Morgan fingerprint density at radius 1 is 1.22 bits per heavy atom. The number of nitrogens with zero attached hydrogens (tertiary/aromatic N) is 2.